The molecule has 9 nitrogen and oxygen atoms in total. The molecule has 2 N–H and O–H groups in total. The minimum absolute atomic E-state index is 0.0842. The molecule has 3 aromatic rings. The Morgan fingerprint density at radius 3 is 2.39 bits per heavy atom. The Hall–Kier alpha value is -4.02. The third-order valence-electron chi connectivity index (χ3n) is 8.97. The Labute approximate surface area is 237 Å². The number of tetrazole rings is 1. The highest BCUT2D eigenvalue weighted by Gasteiger charge is 2.52. The third-order valence-corrected chi connectivity index (χ3v) is 8.97. The van der Waals surface area contributed by atoms with Crippen molar-refractivity contribution in [3.05, 3.63) is 76.6 Å². The molecule has 1 fully saturated rings. The lowest BCUT2D eigenvalue weighted by Gasteiger charge is -2.47. The van der Waals surface area contributed by atoms with Crippen molar-refractivity contribution in [3.8, 4) is 0 Å². The van der Waals surface area contributed by atoms with Crippen molar-refractivity contribution in [3.63, 3.8) is 0 Å². The van der Waals surface area contributed by atoms with Crippen LogP contribution in [0.3, 0.4) is 0 Å². The van der Waals surface area contributed by atoms with Gasteiger partial charge in [-0.15, -0.1) is 10.2 Å². The molecule has 1 spiro atoms. The smallest absolute Gasteiger partial charge is 0.275 e. The standard InChI is InChI=1S/C30H35F2N7O2/c1-5-29(3,4)22-10-12-30(13-11-22)34-26(21-14-23(31)16-24(32)15-21)28(41)39(30)18(2)19-6-8-20(9-7-19)27(40)33-17-25-35-37-38-36-25/h6-9,14-16,18,22H,5,10-13,17H2,1-4H3,(H,33,40)(H,35,36,37,38)/t18-,22?,30?/m1/s1. The summed E-state index contributed by atoms with van der Waals surface area (Å²) >= 11 is 0. The molecule has 1 atom stereocenters. The van der Waals surface area contributed by atoms with E-state index in [1.807, 2.05) is 19.1 Å². The number of benzene rings is 2. The lowest BCUT2D eigenvalue weighted by molar-refractivity contribution is -0.133. The molecule has 216 valence electrons. The first-order chi connectivity index (χ1) is 19.5. The molecule has 2 heterocycles. The maximum absolute atomic E-state index is 14.2. The molecule has 0 bridgehead atoms. The Morgan fingerprint density at radius 1 is 1.15 bits per heavy atom. The van der Waals surface area contributed by atoms with Gasteiger partial charge >= 0.3 is 0 Å². The van der Waals surface area contributed by atoms with Gasteiger partial charge in [-0.3, -0.25) is 14.6 Å². The zero-order valence-electron chi connectivity index (χ0n) is 23.7. The molecule has 0 radical (unpaired) electrons. The summed E-state index contributed by atoms with van der Waals surface area (Å²) in [7, 11) is 0. The number of H-pyrrole nitrogens is 1. The summed E-state index contributed by atoms with van der Waals surface area (Å²) in [5, 5.41) is 16.2. The Bertz CT molecular complexity index is 1430. The molecule has 11 heteroatoms. The van der Waals surface area contributed by atoms with Gasteiger partial charge in [0, 0.05) is 17.2 Å². The molecular formula is C30H35F2N7O2. The van der Waals surface area contributed by atoms with Gasteiger partial charge in [0.05, 0.1) is 12.6 Å². The molecule has 2 aliphatic rings. The van der Waals surface area contributed by atoms with Crippen LogP contribution in [0.4, 0.5) is 8.78 Å². The maximum Gasteiger partial charge on any atom is 0.275 e. The molecule has 1 aromatic heterocycles. The van der Waals surface area contributed by atoms with Crippen LogP contribution in [-0.4, -0.2) is 48.7 Å². The number of rotatable bonds is 8. The van der Waals surface area contributed by atoms with Gasteiger partial charge in [-0.1, -0.05) is 44.5 Å². The number of amides is 2. The number of aliphatic imine (C=N–C) groups is 1. The van der Waals surface area contributed by atoms with Crippen molar-refractivity contribution in [1.29, 1.82) is 0 Å². The summed E-state index contributed by atoms with van der Waals surface area (Å²) < 4.78 is 28.3. The van der Waals surface area contributed by atoms with Gasteiger partial charge in [0.25, 0.3) is 11.8 Å². The number of hydrogen-bond donors (Lipinski definition) is 2. The minimum atomic E-state index is -0.810. The van der Waals surface area contributed by atoms with Crippen LogP contribution in [0.1, 0.15) is 93.2 Å². The van der Waals surface area contributed by atoms with Crippen LogP contribution in [0.5, 0.6) is 0 Å². The fraction of sp³-hybridized carbons (Fsp3) is 0.467. The predicted octanol–water partition coefficient (Wildman–Crippen LogP) is 5.12. The second kappa shape index (κ2) is 11.1. The lowest BCUT2D eigenvalue weighted by Crippen LogP contribution is -2.51. The van der Waals surface area contributed by atoms with E-state index in [9.17, 15) is 18.4 Å². The van der Waals surface area contributed by atoms with E-state index in [0.29, 0.717) is 30.1 Å². The fourth-order valence-corrected chi connectivity index (χ4v) is 6.11. The number of carbonyl (C=O) groups excluding carboxylic acids is 2. The van der Waals surface area contributed by atoms with E-state index in [4.69, 9.17) is 4.99 Å². The number of nitrogens with zero attached hydrogens (tertiary/aromatic N) is 5. The van der Waals surface area contributed by atoms with Crippen molar-refractivity contribution >= 4 is 17.5 Å². The quantitative estimate of drug-likeness (QED) is 0.395. The van der Waals surface area contributed by atoms with E-state index in [1.54, 1.807) is 17.0 Å². The van der Waals surface area contributed by atoms with Crippen LogP contribution in [0, 0.1) is 23.0 Å². The second-order valence-electron chi connectivity index (χ2n) is 11.7. The Morgan fingerprint density at radius 2 is 1.80 bits per heavy atom. The first-order valence-corrected chi connectivity index (χ1v) is 14.0. The predicted molar refractivity (Wildman–Crippen MR) is 149 cm³/mol. The second-order valence-corrected chi connectivity index (χ2v) is 11.7. The normalized spacial score (nSPS) is 21.7. The summed E-state index contributed by atoms with van der Waals surface area (Å²) in [5.41, 5.74) is 0.855. The highest BCUT2D eigenvalue weighted by Crippen LogP contribution is 2.50. The number of nitrogens with one attached hydrogen (secondary N) is 2. The molecule has 1 aliphatic carbocycles. The van der Waals surface area contributed by atoms with Gasteiger partial charge in [0.15, 0.2) is 5.82 Å². The van der Waals surface area contributed by atoms with E-state index in [2.05, 4.69) is 46.7 Å². The molecule has 0 unspecified atom stereocenters. The Kier molecular flexibility index (Phi) is 7.72. The first-order valence-electron chi connectivity index (χ1n) is 14.0. The van der Waals surface area contributed by atoms with Crippen molar-refractivity contribution in [2.75, 3.05) is 0 Å². The van der Waals surface area contributed by atoms with Gasteiger partial charge in [-0.05, 0) is 73.8 Å². The molecule has 1 saturated carbocycles. The molecule has 5 rings (SSSR count). The summed E-state index contributed by atoms with van der Waals surface area (Å²) in [6, 6.07) is 9.77. The Balaban J connectivity index is 1.42. The zero-order valence-corrected chi connectivity index (χ0v) is 23.7. The van der Waals surface area contributed by atoms with Gasteiger partial charge in [0.1, 0.15) is 23.0 Å². The molecule has 2 aromatic carbocycles. The van der Waals surface area contributed by atoms with Crippen molar-refractivity contribution in [1.82, 2.24) is 30.8 Å². The summed E-state index contributed by atoms with van der Waals surface area (Å²) in [5.74, 6) is -1.29. The SMILES string of the molecule is CCC(C)(C)C1CCC2(CC1)N=C(c1cc(F)cc(F)c1)C(=O)N2[C@H](C)c1ccc(C(=O)NCc2nn[nH]n2)cc1. The number of carbonyl (C=O) groups is 2. The third kappa shape index (κ3) is 5.62. The highest BCUT2D eigenvalue weighted by atomic mass is 19.1. The molecule has 1 aliphatic heterocycles. The molecule has 0 saturated heterocycles. The lowest BCUT2D eigenvalue weighted by atomic mass is 9.67. The van der Waals surface area contributed by atoms with Crippen molar-refractivity contribution < 1.29 is 18.4 Å². The van der Waals surface area contributed by atoms with Crippen LogP contribution < -0.4 is 5.32 Å². The number of aromatic nitrogens is 4. The number of hydrogen-bond acceptors (Lipinski definition) is 6. The van der Waals surface area contributed by atoms with E-state index < -0.39 is 23.3 Å². The van der Waals surface area contributed by atoms with Crippen LogP contribution in [-0.2, 0) is 11.3 Å². The molecule has 41 heavy (non-hydrogen) atoms. The molecular weight excluding hydrogens is 528 g/mol. The van der Waals surface area contributed by atoms with Gasteiger partial charge in [0.2, 0.25) is 0 Å². The van der Waals surface area contributed by atoms with E-state index in [0.717, 1.165) is 43.0 Å². The van der Waals surface area contributed by atoms with Gasteiger partial charge in [-0.25, -0.2) is 8.78 Å². The van der Waals surface area contributed by atoms with E-state index in [1.165, 1.54) is 0 Å². The largest absolute Gasteiger partial charge is 0.345 e. The number of aromatic amines is 1. The van der Waals surface area contributed by atoms with Crippen molar-refractivity contribution in [2.45, 2.75) is 78.0 Å². The number of halogens is 2. The van der Waals surface area contributed by atoms with Crippen LogP contribution in [0.15, 0.2) is 47.5 Å². The highest BCUT2D eigenvalue weighted by molar-refractivity contribution is 6.46. The zero-order chi connectivity index (χ0) is 29.4. The average Bonchev–Trinajstić information content (AvgIpc) is 3.57. The van der Waals surface area contributed by atoms with Crippen LogP contribution in [0.2, 0.25) is 0 Å². The van der Waals surface area contributed by atoms with E-state index >= 15 is 0 Å². The summed E-state index contributed by atoms with van der Waals surface area (Å²) in [6.45, 7) is 8.81. The van der Waals surface area contributed by atoms with Crippen LogP contribution in [0.25, 0.3) is 0 Å². The molecule has 2 amide bonds. The first kappa shape index (κ1) is 28.5. The van der Waals surface area contributed by atoms with Crippen molar-refractivity contribution in [2.24, 2.45) is 16.3 Å². The summed E-state index contributed by atoms with van der Waals surface area (Å²) in [4.78, 5) is 33.3. The monoisotopic (exact) mass is 563 g/mol. The van der Waals surface area contributed by atoms with E-state index in [-0.39, 0.29) is 35.0 Å². The van der Waals surface area contributed by atoms with Gasteiger partial charge < -0.3 is 10.2 Å². The minimum Gasteiger partial charge on any atom is -0.345 e. The fourth-order valence-electron chi connectivity index (χ4n) is 6.11. The maximum atomic E-state index is 14.2. The average molecular weight is 564 g/mol. The topological polar surface area (TPSA) is 116 Å². The van der Waals surface area contributed by atoms with Crippen LogP contribution >= 0.6 is 0 Å². The summed E-state index contributed by atoms with van der Waals surface area (Å²) in [6.07, 6.45) is 4.16. The van der Waals surface area contributed by atoms with Gasteiger partial charge in [-0.2, -0.15) is 5.21 Å².